The van der Waals surface area contributed by atoms with Gasteiger partial charge in [-0.25, -0.2) is 8.78 Å². The lowest BCUT2D eigenvalue weighted by Crippen LogP contribution is -2.18. The Labute approximate surface area is 108 Å². The zero-order valence-electron chi connectivity index (χ0n) is 10.3. The maximum Gasteiger partial charge on any atom is 0.251 e. The molecule has 6 heteroatoms. The molecule has 1 unspecified atom stereocenters. The molecule has 1 atom stereocenters. The first-order valence-electron chi connectivity index (χ1n) is 5.86. The summed E-state index contributed by atoms with van der Waals surface area (Å²) in [7, 11) is 0. The van der Waals surface area contributed by atoms with Crippen molar-refractivity contribution in [1.82, 2.24) is 4.98 Å². The van der Waals surface area contributed by atoms with Gasteiger partial charge in [0, 0.05) is 18.5 Å². The first-order chi connectivity index (χ1) is 9.06. The van der Waals surface area contributed by atoms with Crippen molar-refractivity contribution in [3.8, 4) is 0 Å². The number of rotatable bonds is 5. The van der Waals surface area contributed by atoms with Crippen molar-refractivity contribution in [2.45, 2.75) is 25.8 Å². The van der Waals surface area contributed by atoms with Gasteiger partial charge in [-0.15, -0.1) is 0 Å². The lowest BCUT2D eigenvalue weighted by atomic mass is 10.1. The SMILES string of the molecule is CC(CCc1ccco1)Nc1nc(F)c(F)cc1F. The molecule has 0 saturated carbocycles. The summed E-state index contributed by atoms with van der Waals surface area (Å²) in [6.07, 6.45) is 2.88. The van der Waals surface area contributed by atoms with Crippen LogP contribution in [-0.2, 0) is 6.42 Å². The molecule has 2 rings (SSSR count). The Hall–Kier alpha value is -1.98. The van der Waals surface area contributed by atoms with Crippen LogP contribution >= 0.6 is 0 Å². The lowest BCUT2D eigenvalue weighted by molar-refractivity contribution is 0.464. The quantitative estimate of drug-likeness (QED) is 0.845. The molecule has 0 radical (unpaired) electrons. The average Bonchev–Trinajstić information content (AvgIpc) is 2.86. The summed E-state index contributed by atoms with van der Waals surface area (Å²) >= 11 is 0. The summed E-state index contributed by atoms with van der Waals surface area (Å²) in [6, 6.07) is 3.94. The number of anilines is 1. The van der Waals surface area contributed by atoms with Crippen molar-refractivity contribution < 1.29 is 17.6 Å². The topological polar surface area (TPSA) is 38.1 Å². The third-order valence-electron chi connectivity index (χ3n) is 2.67. The fourth-order valence-electron chi connectivity index (χ4n) is 1.66. The van der Waals surface area contributed by atoms with Gasteiger partial charge in [0.1, 0.15) is 5.76 Å². The number of aromatic nitrogens is 1. The van der Waals surface area contributed by atoms with Gasteiger partial charge in [-0.2, -0.15) is 9.37 Å². The van der Waals surface area contributed by atoms with Crippen molar-refractivity contribution in [3.63, 3.8) is 0 Å². The second kappa shape index (κ2) is 5.77. The number of nitrogens with one attached hydrogen (secondary N) is 1. The molecule has 0 amide bonds. The summed E-state index contributed by atoms with van der Waals surface area (Å²) in [6.45, 7) is 1.80. The van der Waals surface area contributed by atoms with Crippen LogP contribution < -0.4 is 5.32 Å². The molecule has 0 fully saturated rings. The lowest BCUT2D eigenvalue weighted by Gasteiger charge is -2.14. The van der Waals surface area contributed by atoms with Crippen molar-refractivity contribution in [1.29, 1.82) is 0 Å². The standard InChI is InChI=1S/C13H13F3N2O/c1-8(4-5-9-3-2-6-19-9)17-13-11(15)7-10(14)12(16)18-13/h2-3,6-8H,4-5H2,1H3,(H,17,18). The molecule has 3 nitrogen and oxygen atoms in total. The van der Waals surface area contributed by atoms with Crippen LogP contribution in [-0.4, -0.2) is 11.0 Å². The van der Waals surface area contributed by atoms with E-state index in [1.807, 2.05) is 6.07 Å². The number of hydrogen-bond donors (Lipinski definition) is 1. The minimum atomic E-state index is -1.32. The first-order valence-corrected chi connectivity index (χ1v) is 5.86. The van der Waals surface area contributed by atoms with Gasteiger partial charge in [-0.3, -0.25) is 0 Å². The molecule has 0 bridgehead atoms. The molecule has 2 aromatic rings. The van der Waals surface area contributed by atoms with Gasteiger partial charge < -0.3 is 9.73 Å². The molecule has 0 spiro atoms. The van der Waals surface area contributed by atoms with E-state index >= 15 is 0 Å². The maximum atomic E-state index is 13.4. The zero-order chi connectivity index (χ0) is 13.8. The molecule has 2 aromatic heterocycles. The van der Waals surface area contributed by atoms with E-state index in [-0.39, 0.29) is 11.9 Å². The van der Waals surface area contributed by atoms with Gasteiger partial charge >= 0.3 is 0 Å². The van der Waals surface area contributed by atoms with E-state index < -0.39 is 17.6 Å². The maximum absolute atomic E-state index is 13.4. The molecule has 102 valence electrons. The largest absolute Gasteiger partial charge is 0.469 e. The fourth-order valence-corrected chi connectivity index (χ4v) is 1.66. The molecule has 2 heterocycles. The monoisotopic (exact) mass is 270 g/mol. The van der Waals surface area contributed by atoms with Crippen LogP contribution in [0.2, 0.25) is 0 Å². The highest BCUT2D eigenvalue weighted by Crippen LogP contribution is 2.16. The van der Waals surface area contributed by atoms with Crippen molar-refractivity contribution >= 4 is 5.82 Å². The number of aryl methyl sites for hydroxylation is 1. The second-order valence-electron chi connectivity index (χ2n) is 4.25. The number of furan rings is 1. The van der Waals surface area contributed by atoms with Crippen LogP contribution in [0.15, 0.2) is 28.9 Å². The Morgan fingerprint density at radius 1 is 1.32 bits per heavy atom. The van der Waals surface area contributed by atoms with Crippen LogP contribution in [0.4, 0.5) is 19.0 Å². The molecule has 0 aromatic carbocycles. The molecule has 19 heavy (non-hydrogen) atoms. The molecular weight excluding hydrogens is 257 g/mol. The van der Waals surface area contributed by atoms with E-state index in [1.165, 1.54) is 0 Å². The van der Waals surface area contributed by atoms with Crippen LogP contribution in [0.3, 0.4) is 0 Å². The summed E-state index contributed by atoms with van der Waals surface area (Å²) in [4.78, 5) is 3.21. The van der Waals surface area contributed by atoms with Crippen LogP contribution in [0.1, 0.15) is 19.1 Å². The smallest absolute Gasteiger partial charge is 0.251 e. The van der Waals surface area contributed by atoms with E-state index in [4.69, 9.17) is 4.42 Å². The zero-order valence-corrected chi connectivity index (χ0v) is 10.3. The third-order valence-corrected chi connectivity index (χ3v) is 2.67. The Balaban J connectivity index is 1.95. The highest BCUT2D eigenvalue weighted by molar-refractivity contribution is 5.37. The predicted octanol–water partition coefficient (Wildman–Crippen LogP) is 3.53. The van der Waals surface area contributed by atoms with Crippen molar-refractivity contribution in [2.75, 3.05) is 5.32 Å². The molecule has 1 N–H and O–H groups in total. The summed E-state index contributed by atoms with van der Waals surface area (Å²) < 4.78 is 44.1. The molecule has 0 aliphatic carbocycles. The van der Waals surface area contributed by atoms with Crippen molar-refractivity contribution in [3.05, 3.63) is 47.8 Å². The number of halogens is 3. The molecule has 0 saturated heterocycles. The van der Waals surface area contributed by atoms with Crippen LogP contribution in [0.5, 0.6) is 0 Å². The van der Waals surface area contributed by atoms with E-state index in [9.17, 15) is 13.2 Å². The van der Waals surface area contributed by atoms with E-state index in [0.29, 0.717) is 18.9 Å². The molecule has 0 aliphatic rings. The van der Waals surface area contributed by atoms with Gasteiger partial charge in [-0.05, 0) is 25.5 Å². The minimum absolute atomic E-state index is 0.156. The number of nitrogens with zero attached hydrogens (tertiary/aromatic N) is 1. The van der Waals surface area contributed by atoms with Crippen LogP contribution in [0, 0.1) is 17.6 Å². The van der Waals surface area contributed by atoms with E-state index in [0.717, 1.165) is 5.76 Å². The Bertz CT molecular complexity index is 543. The Kier molecular flexibility index (Phi) is 4.09. The second-order valence-corrected chi connectivity index (χ2v) is 4.25. The molecular formula is C13H13F3N2O. The van der Waals surface area contributed by atoms with Gasteiger partial charge in [0.25, 0.3) is 5.95 Å². The van der Waals surface area contributed by atoms with Gasteiger partial charge in [0.05, 0.1) is 6.26 Å². The average molecular weight is 270 g/mol. The summed E-state index contributed by atoms with van der Waals surface area (Å²) in [5.74, 6) is -3.00. The van der Waals surface area contributed by atoms with Crippen molar-refractivity contribution in [2.24, 2.45) is 0 Å². The Morgan fingerprint density at radius 2 is 2.11 bits per heavy atom. The minimum Gasteiger partial charge on any atom is -0.469 e. The highest BCUT2D eigenvalue weighted by atomic mass is 19.2. The predicted molar refractivity (Wildman–Crippen MR) is 64.2 cm³/mol. The Morgan fingerprint density at radius 3 is 2.79 bits per heavy atom. The third kappa shape index (κ3) is 3.49. The van der Waals surface area contributed by atoms with E-state index in [1.54, 1.807) is 19.3 Å². The first kappa shape index (κ1) is 13.5. The van der Waals surface area contributed by atoms with E-state index in [2.05, 4.69) is 10.3 Å². The summed E-state index contributed by atoms with van der Waals surface area (Å²) in [5, 5.41) is 2.71. The summed E-state index contributed by atoms with van der Waals surface area (Å²) in [5.41, 5.74) is 0. The van der Waals surface area contributed by atoms with Crippen LogP contribution in [0.25, 0.3) is 0 Å². The van der Waals surface area contributed by atoms with Gasteiger partial charge in [0.15, 0.2) is 17.5 Å². The number of pyridine rings is 1. The molecule has 0 aliphatic heterocycles. The fraction of sp³-hybridized carbons (Fsp3) is 0.308. The normalized spacial score (nSPS) is 12.4. The van der Waals surface area contributed by atoms with Gasteiger partial charge in [-0.1, -0.05) is 0 Å². The van der Waals surface area contributed by atoms with Gasteiger partial charge in [0.2, 0.25) is 0 Å². The number of hydrogen-bond acceptors (Lipinski definition) is 3. The highest BCUT2D eigenvalue weighted by Gasteiger charge is 2.13.